The molecular weight excluding hydrogens is 328 g/mol. The molecule has 2 fully saturated rings. The van der Waals surface area contributed by atoms with E-state index in [1.54, 1.807) is 22.7 Å². The van der Waals surface area contributed by atoms with Gasteiger partial charge in [0.1, 0.15) is 0 Å². The minimum absolute atomic E-state index is 0.0326. The van der Waals surface area contributed by atoms with E-state index in [1.807, 2.05) is 14.0 Å². The summed E-state index contributed by atoms with van der Waals surface area (Å²) in [6.07, 6.45) is 3.86. The quantitative estimate of drug-likeness (QED) is 0.838. The maximum atomic E-state index is 13.1. The van der Waals surface area contributed by atoms with Gasteiger partial charge in [-0.15, -0.1) is 0 Å². The first-order valence-corrected chi connectivity index (χ1v) is 10.3. The summed E-state index contributed by atoms with van der Waals surface area (Å²) < 4.78 is 25.8. The molecule has 7 nitrogen and oxygen atoms in total. The van der Waals surface area contributed by atoms with Crippen molar-refractivity contribution in [2.24, 2.45) is 7.05 Å². The van der Waals surface area contributed by atoms with E-state index < -0.39 is 15.1 Å². The van der Waals surface area contributed by atoms with E-state index in [9.17, 15) is 13.2 Å². The molecule has 2 aliphatic rings. The third-order valence-corrected chi connectivity index (χ3v) is 7.66. The highest BCUT2D eigenvalue weighted by atomic mass is 32.2. The predicted molar refractivity (Wildman–Crippen MR) is 91.8 cm³/mol. The molecule has 134 valence electrons. The Kier molecular flexibility index (Phi) is 4.70. The van der Waals surface area contributed by atoms with Crippen LogP contribution in [0.2, 0.25) is 0 Å². The monoisotopic (exact) mass is 354 g/mol. The molecule has 0 radical (unpaired) electrons. The second-order valence-electron chi connectivity index (χ2n) is 6.96. The first kappa shape index (κ1) is 17.4. The van der Waals surface area contributed by atoms with Crippen LogP contribution in [0.4, 0.5) is 0 Å². The lowest BCUT2D eigenvalue weighted by Gasteiger charge is -2.37. The number of piperidine rings is 1. The molecule has 24 heavy (non-hydrogen) atoms. The van der Waals surface area contributed by atoms with Crippen molar-refractivity contribution in [1.29, 1.82) is 0 Å². The molecule has 0 saturated carbocycles. The fourth-order valence-corrected chi connectivity index (χ4v) is 5.24. The normalized spacial score (nSPS) is 30.3. The zero-order chi connectivity index (χ0) is 17.5. The van der Waals surface area contributed by atoms with Crippen LogP contribution in [0.25, 0.3) is 0 Å². The van der Waals surface area contributed by atoms with Crippen LogP contribution in [0.5, 0.6) is 0 Å². The van der Waals surface area contributed by atoms with Crippen molar-refractivity contribution in [1.82, 2.24) is 20.0 Å². The lowest BCUT2D eigenvalue weighted by Crippen LogP contribution is -2.54. The fraction of sp³-hybridized carbons (Fsp3) is 0.750. The Morgan fingerprint density at radius 2 is 2.12 bits per heavy atom. The van der Waals surface area contributed by atoms with E-state index in [4.69, 9.17) is 0 Å². The molecule has 0 spiro atoms. The van der Waals surface area contributed by atoms with Crippen molar-refractivity contribution in [3.05, 3.63) is 17.5 Å². The Bertz CT molecular complexity index is 722. The summed E-state index contributed by atoms with van der Waals surface area (Å²) in [6, 6.07) is -0.325. The van der Waals surface area contributed by atoms with Crippen molar-refractivity contribution in [2.75, 3.05) is 25.4 Å². The summed E-state index contributed by atoms with van der Waals surface area (Å²) in [5.74, 6) is 0.170. The van der Waals surface area contributed by atoms with Crippen LogP contribution in [0, 0.1) is 0 Å². The van der Waals surface area contributed by atoms with Crippen molar-refractivity contribution in [3.8, 4) is 0 Å². The first-order chi connectivity index (χ1) is 11.3. The van der Waals surface area contributed by atoms with E-state index in [0.717, 1.165) is 31.6 Å². The Hall–Kier alpha value is -1.41. The van der Waals surface area contributed by atoms with Gasteiger partial charge < -0.3 is 10.2 Å². The van der Waals surface area contributed by atoms with Gasteiger partial charge in [-0.05, 0) is 33.2 Å². The van der Waals surface area contributed by atoms with Gasteiger partial charge >= 0.3 is 0 Å². The van der Waals surface area contributed by atoms with Gasteiger partial charge in [0.05, 0.1) is 22.3 Å². The molecule has 3 rings (SSSR count). The van der Waals surface area contributed by atoms with Crippen LogP contribution in [0.1, 0.15) is 48.7 Å². The van der Waals surface area contributed by atoms with Gasteiger partial charge in [0.2, 0.25) is 0 Å². The van der Waals surface area contributed by atoms with Crippen LogP contribution in [0.15, 0.2) is 6.20 Å². The van der Waals surface area contributed by atoms with E-state index in [1.165, 1.54) is 0 Å². The van der Waals surface area contributed by atoms with Crippen molar-refractivity contribution in [3.63, 3.8) is 0 Å². The maximum absolute atomic E-state index is 13.1. The number of aromatic nitrogens is 2. The summed E-state index contributed by atoms with van der Waals surface area (Å²) in [4.78, 5) is 14.8. The van der Waals surface area contributed by atoms with Crippen LogP contribution in [-0.2, 0) is 16.9 Å². The average molecular weight is 354 g/mol. The van der Waals surface area contributed by atoms with Crippen LogP contribution < -0.4 is 5.32 Å². The number of nitrogens with zero attached hydrogens (tertiary/aromatic N) is 3. The number of amides is 1. The molecule has 3 atom stereocenters. The number of hydrogen-bond acceptors (Lipinski definition) is 5. The summed E-state index contributed by atoms with van der Waals surface area (Å²) in [7, 11) is -1.29. The molecule has 1 N–H and O–H groups in total. The Morgan fingerprint density at radius 1 is 1.38 bits per heavy atom. The number of aryl methyl sites for hydroxylation is 1. The van der Waals surface area contributed by atoms with Crippen LogP contribution in [-0.4, -0.2) is 65.7 Å². The van der Waals surface area contributed by atoms with Gasteiger partial charge in [0, 0.05) is 38.3 Å². The van der Waals surface area contributed by atoms with Gasteiger partial charge in [-0.25, -0.2) is 8.42 Å². The Labute approximate surface area is 143 Å². The third kappa shape index (κ3) is 3.09. The van der Waals surface area contributed by atoms with E-state index in [2.05, 4.69) is 10.4 Å². The molecule has 2 saturated heterocycles. The van der Waals surface area contributed by atoms with Crippen molar-refractivity contribution < 1.29 is 13.2 Å². The highest BCUT2D eigenvalue weighted by Crippen LogP contribution is 2.28. The van der Waals surface area contributed by atoms with Gasteiger partial charge in [-0.3, -0.25) is 9.48 Å². The molecule has 3 unspecified atom stereocenters. The largest absolute Gasteiger partial charge is 0.334 e. The molecule has 1 amide bonds. The minimum atomic E-state index is -3.11. The van der Waals surface area contributed by atoms with E-state index >= 15 is 0 Å². The first-order valence-electron chi connectivity index (χ1n) is 8.58. The lowest BCUT2D eigenvalue weighted by molar-refractivity contribution is 0.0691. The summed E-state index contributed by atoms with van der Waals surface area (Å²) in [5, 5.41) is 7.36. The number of carbonyl (C=O) groups excluding carboxylic acids is 1. The van der Waals surface area contributed by atoms with Crippen molar-refractivity contribution >= 4 is 15.7 Å². The second-order valence-corrected chi connectivity index (χ2v) is 9.43. The van der Waals surface area contributed by atoms with Gasteiger partial charge in [0.25, 0.3) is 5.91 Å². The van der Waals surface area contributed by atoms with Gasteiger partial charge in [-0.2, -0.15) is 5.10 Å². The summed E-state index contributed by atoms with van der Waals surface area (Å²) in [6.45, 7) is 5.60. The minimum Gasteiger partial charge on any atom is -0.334 e. The zero-order valence-corrected chi connectivity index (χ0v) is 15.3. The molecule has 1 aromatic rings. The molecular formula is C16H26N4O3S. The maximum Gasteiger partial charge on any atom is 0.257 e. The molecule has 1 aromatic heterocycles. The number of sulfone groups is 1. The highest BCUT2D eigenvalue weighted by Gasteiger charge is 2.39. The Morgan fingerprint density at radius 3 is 2.79 bits per heavy atom. The van der Waals surface area contributed by atoms with Crippen molar-refractivity contribution in [2.45, 2.75) is 43.9 Å². The second kappa shape index (κ2) is 6.48. The molecule has 3 heterocycles. The Balaban J connectivity index is 1.88. The fourth-order valence-electron chi connectivity index (χ4n) is 3.67. The smallest absolute Gasteiger partial charge is 0.257 e. The topological polar surface area (TPSA) is 84.3 Å². The lowest BCUT2D eigenvalue weighted by atomic mass is 9.93. The number of nitrogens with one attached hydrogen (secondary N) is 1. The third-order valence-electron chi connectivity index (χ3n) is 5.39. The zero-order valence-electron chi connectivity index (χ0n) is 14.5. The predicted octanol–water partition coefficient (Wildman–Crippen LogP) is 0.535. The molecule has 8 heteroatoms. The van der Waals surface area contributed by atoms with Gasteiger partial charge in [-0.1, -0.05) is 0 Å². The van der Waals surface area contributed by atoms with Crippen LogP contribution >= 0.6 is 0 Å². The SMILES string of the molecule is CC1C(C)S(=O)(=O)CCN1C(=O)c1cn(C)nc1C1CCCNC1. The summed E-state index contributed by atoms with van der Waals surface area (Å²) in [5.41, 5.74) is 1.45. The summed E-state index contributed by atoms with van der Waals surface area (Å²) >= 11 is 0. The van der Waals surface area contributed by atoms with Gasteiger partial charge in [0.15, 0.2) is 9.84 Å². The number of carbonyl (C=O) groups is 1. The molecule has 0 aromatic carbocycles. The standard InChI is InChI=1S/C16H26N4O3S/c1-11-12(2)24(22,23)8-7-20(11)16(21)14-10-19(3)18-15(14)13-5-4-6-17-9-13/h10-13,17H,4-9H2,1-3H3. The molecule has 2 aliphatic heterocycles. The number of rotatable bonds is 2. The van der Waals surface area contributed by atoms with Crippen LogP contribution in [0.3, 0.4) is 0 Å². The van der Waals surface area contributed by atoms with E-state index in [-0.39, 0.29) is 30.2 Å². The van der Waals surface area contributed by atoms with E-state index in [0.29, 0.717) is 5.56 Å². The molecule has 0 aliphatic carbocycles. The average Bonchev–Trinajstić information content (AvgIpc) is 2.95. The molecule has 0 bridgehead atoms. The highest BCUT2D eigenvalue weighted by molar-refractivity contribution is 7.92. The number of hydrogen-bond donors (Lipinski definition) is 1.